The predicted molar refractivity (Wildman–Crippen MR) is 240 cm³/mol. The molecule has 4 aromatic rings. The van der Waals surface area contributed by atoms with Gasteiger partial charge in [0.15, 0.2) is 34.7 Å². The monoisotopic (exact) mass is 886 g/mol. The molecule has 0 saturated carbocycles. The Morgan fingerprint density at radius 2 is 0.906 bits per heavy atom. The van der Waals surface area contributed by atoms with Crippen molar-refractivity contribution >= 4 is 17.3 Å². The van der Waals surface area contributed by atoms with Crippen molar-refractivity contribution in [3.63, 3.8) is 0 Å². The number of nitrogens with zero attached hydrogens (tertiary/aromatic N) is 4. The van der Waals surface area contributed by atoms with Gasteiger partial charge in [0.2, 0.25) is 0 Å². The molecule has 2 heterocycles. The van der Waals surface area contributed by atoms with Crippen LogP contribution in [0.4, 0.5) is 17.6 Å². The predicted octanol–water partition coefficient (Wildman–Crippen LogP) is 8.25. The van der Waals surface area contributed by atoms with Crippen LogP contribution in [-0.4, -0.2) is 128 Å². The standard InChI is InChI=1S/C51H62F4N4O5/c1-31-33(15-11-19-41(31)52)45-37(49(62)35-17-13-21-43(60)47(35)54)27-58(25-9-7-23-56(3)4)29-39(45)51(64)40-30-59(26-10-8-24-57(5)6)28-38(46(40)34-16-12-20-42(53)32(34)2)50(63)36-18-14-22-44(61)48(36)55/h11-22,37-40,45-46,60-61H,7-10,23-30H2,1-6H3/t37-,38?,39+,40?,45-,46?/m0/s1. The van der Waals surface area contributed by atoms with E-state index < -0.39 is 81.8 Å². The summed E-state index contributed by atoms with van der Waals surface area (Å²) in [6.07, 6.45) is 3.06. The van der Waals surface area contributed by atoms with Crippen molar-refractivity contribution in [1.82, 2.24) is 19.6 Å². The van der Waals surface area contributed by atoms with Gasteiger partial charge in [-0.25, -0.2) is 17.6 Å². The first-order valence-corrected chi connectivity index (χ1v) is 22.3. The first-order chi connectivity index (χ1) is 30.5. The van der Waals surface area contributed by atoms with Crippen LogP contribution in [0.2, 0.25) is 0 Å². The van der Waals surface area contributed by atoms with Crippen LogP contribution in [0.5, 0.6) is 11.5 Å². The molecule has 0 bridgehead atoms. The summed E-state index contributed by atoms with van der Waals surface area (Å²) in [5.74, 6) is -12.4. The number of unbranched alkanes of at least 4 members (excludes halogenated alkanes) is 2. The summed E-state index contributed by atoms with van der Waals surface area (Å²) in [5, 5.41) is 20.8. The van der Waals surface area contributed by atoms with Gasteiger partial charge in [0.1, 0.15) is 17.4 Å². The number of phenolic OH excluding ortho intramolecular Hbond substituents is 2. The van der Waals surface area contributed by atoms with E-state index in [0.717, 1.165) is 38.1 Å². The van der Waals surface area contributed by atoms with Gasteiger partial charge in [-0.1, -0.05) is 36.4 Å². The van der Waals surface area contributed by atoms with Crippen molar-refractivity contribution in [2.45, 2.75) is 51.4 Å². The lowest BCUT2D eigenvalue weighted by molar-refractivity contribution is -0.133. The molecule has 2 aliphatic heterocycles. The molecule has 2 N–H and O–H groups in total. The summed E-state index contributed by atoms with van der Waals surface area (Å²) >= 11 is 0. The molecular formula is C51H62F4N4O5. The number of benzene rings is 4. The number of halogens is 4. The lowest BCUT2D eigenvalue weighted by Gasteiger charge is -2.48. The third-order valence-corrected chi connectivity index (χ3v) is 13.4. The molecule has 2 fully saturated rings. The molecular weight excluding hydrogens is 825 g/mol. The number of aromatic hydroxyl groups is 2. The van der Waals surface area contributed by atoms with Gasteiger partial charge < -0.3 is 29.8 Å². The maximum Gasteiger partial charge on any atom is 0.175 e. The van der Waals surface area contributed by atoms with Crippen LogP contribution in [0, 0.1) is 60.8 Å². The number of hydrogen-bond acceptors (Lipinski definition) is 9. The number of piperidine rings is 2. The highest BCUT2D eigenvalue weighted by atomic mass is 19.1. The van der Waals surface area contributed by atoms with Gasteiger partial charge in [-0.2, -0.15) is 0 Å². The summed E-state index contributed by atoms with van der Waals surface area (Å²) in [4.78, 5) is 54.2. The zero-order chi connectivity index (χ0) is 46.4. The molecule has 6 atom stereocenters. The number of carbonyl (C=O) groups excluding carboxylic acids is 3. The summed E-state index contributed by atoms with van der Waals surface area (Å²) in [7, 11) is 7.89. The maximum absolute atomic E-state index is 16.2. The Morgan fingerprint density at radius 3 is 1.28 bits per heavy atom. The zero-order valence-corrected chi connectivity index (χ0v) is 37.8. The smallest absolute Gasteiger partial charge is 0.175 e. The first kappa shape index (κ1) is 48.5. The van der Waals surface area contributed by atoms with Crippen molar-refractivity contribution < 1.29 is 42.2 Å². The van der Waals surface area contributed by atoms with Crippen LogP contribution in [0.3, 0.4) is 0 Å². The molecule has 3 unspecified atom stereocenters. The SMILES string of the molecule is Cc1c(F)cccc1C1C(C(=O)c2cccc(O)c2F)CN(CCCCN(C)C)CC1C(=O)[C@@H]1CN(CCCCN(C)C)C[C@H](C(=O)c2cccc(O)c2F)[C@@H]1c1cccc(F)c1C. The maximum atomic E-state index is 16.2. The zero-order valence-electron chi connectivity index (χ0n) is 37.8. The van der Waals surface area contributed by atoms with E-state index in [-0.39, 0.29) is 54.2 Å². The van der Waals surface area contributed by atoms with E-state index in [1.54, 1.807) is 26.0 Å². The van der Waals surface area contributed by atoms with Crippen molar-refractivity contribution in [2.75, 3.05) is 80.5 Å². The number of likely N-dealkylation sites (tertiary alicyclic amines) is 2. The minimum atomic E-state index is -1.09. The molecule has 9 nitrogen and oxygen atoms in total. The quantitative estimate of drug-likeness (QED) is 0.0581. The minimum absolute atomic E-state index is 0.118. The first-order valence-electron chi connectivity index (χ1n) is 22.3. The second-order valence-electron chi connectivity index (χ2n) is 18.3. The molecule has 2 aliphatic rings. The van der Waals surface area contributed by atoms with Crippen molar-refractivity contribution in [1.29, 1.82) is 0 Å². The molecule has 6 rings (SSSR count). The van der Waals surface area contributed by atoms with E-state index in [1.807, 2.05) is 38.0 Å². The number of rotatable bonds is 18. The van der Waals surface area contributed by atoms with Crippen molar-refractivity contribution in [2.24, 2.45) is 23.7 Å². The Labute approximate surface area is 374 Å². The lowest BCUT2D eigenvalue weighted by atomic mass is 9.62. The number of phenols is 2. The highest BCUT2D eigenvalue weighted by Crippen LogP contribution is 2.48. The Kier molecular flexibility index (Phi) is 16.2. The second kappa shape index (κ2) is 21.4. The van der Waals surface area contributed by atoms with Crippen LogP contribution in [0.25, 0.3) is 0 Å². The van der Waals surface area contributed by atoms with Gasteiger partial charge in [-0.3, -0.25) is 14.4 Å². The lowest BCUT2D eigenvalue weighted by Crippen LogP contribution is -2.56. The number of carbonyl (C=O) groups is 3. The fourth-order valence-corrected chi connectivity index (χ4v) is 10.1. The van der Waals surface area contributed by atoms with E-state index in [1.165, 1.54) is 48.5 Å². The molecule has 0 aliphatic carbocycles. The van der Waals surface area contributed by atoms with Gasteiger partial charge in [0.05, 0.1) is 11.1 Å². The van der Waals surface area contributed by atoms with E-state index in [4.69, 9.17) is 0 Å². The average molecular weight is 887 g/mol. The van der Waals surface area contributed by atoms with E-state index in [0.29, 0.717) is 37.1 Å². The number of Topliss-reactive ketones (excluding diaryl/α,β-unsaturated/α-hetero) is 3. The van der Waals surface area contributed by atoms with E-state index in [2.05, 4.69) is 9.80 Å². The van der Waals surface area contributed by atoms with E-state index >= 15 is 22.4 Å². The van der Waals surface area contributed by atoms with Gasteiger partial charge in [-0.05, 0) is 153 Å². The average Bonchev–Trinajstić information content (AvgIpc) is 3.26. The largest absolute Gasteiger partial charge is 0.505 e. The Bertz CT molecular complexity index is 2150. The van der Waals surface area contributed by atoms with Crippen molar-refractivity contribution in [3.05, 3.63) is 129 Å². The molecule has 344 valence electrons. The molecule has 0 spiro atoms. The summed E-state index contributed by atoms with van der Waals surface area (Å²) in [6.45, 7) is 6.30. The Balaban J connectivity index is 1.54. The Hall–Kier alpha value is -4.95. The topological polar surface area (TPSA) is 105 Å². The van der Waals surface area contributed by atoms with Crippen LogP contribution in [0.15, 0.2) is 72.8 Å². The summed E-state index contributed by atoms with van der Waals surface area (Å²) < 4.78 is 62.9. The molecule has 0 radical (unpaired) electrons. The third-order valence-electron chi connectivity index (χ3n) is 13.4. The number of hydrogen-bond donors (Lipinski definition) is 2. The van der Waals surface area contributed by atoms with E-state index in [9.17, 15) is 19.8 Å². The minimum Gasteiger partial charge on any atom is -0.505 e. The van der Waals surface area contributed by atoms with Crippen LogP contribution in [-0.2, 0) is 4.79 Å². The van der Waals surface area contributed by atoms with Crippen molar-refractivity contribution in [3.8, 4) is 11.5 Å². The van der Waals surface area contributed by atoms with Crippen LogP contribution < -0.4 is 0 Å². The van der Waals surface area contributed by atoms with Gasteiger partial charge in [0, 0.05) is 61.7 Å². The van der Waals surface area contributed by atoms with Gasteiger partial charge in [-0.15, -0.1) is 0 Å². The Morgan fingerprint density at radius 1 is 0.547 bits per heavy atom. The molecule has 2 saturated heterocycles. The third kappa shape index (κ3) is 10.8. The second-order valence-corrected chi connectivity index (χ2v) is 18.3. The molecule has 4 aromatic carbocycles. The highest BCUT2D eigenvalue weighted by molar-refractivity contribution is 6.01. The summed E-state index contributed by atoms with van der Waals surface area (Å²) in [5.41, 5.74) is 0.587. The fraction of sp³-hybridized carbons (Fsp3) is 0.471. The molecule has 64 heavy (non-hydrogen) atoms. The fourth-order valence-electron chi connectivity index (χ4n) is 10.1. The van der Waals surface area contributed by atoms with Gasteiger partial charge in [0.25, 0.3) is 0 Å². The van der Waals surface area contributed by atoms with Crippen LogP contribution in [0.1, 0.15) is 80.5 Å². The number of ketones is 3. The molecule has 0 aromatic heterocycles. The molecule has 13 heteroatoms. The van der Waals surface area contributed by atoms with Gasteiger partial charge >= 0.3 is 0 Å². The summed E-state index contributed by atoms with van der Waals surface area (Å²) in [6, 6.07) is 16.7. The highest BCUT2D eigenvalue weighted by Gasteiger charge is 2.52. The van der Waals surface area contributed by atoms with Crippen LogP contribution >= 0.6 is 0 Å². The normalized spacial score (nSPS) is 22.0. The molecule has 0 amide bonds.